The lowest BCUT2D eigenvalue weighted by molar-refractivity contribution is -0.385. The Bertz CT molecular complexity index is 1130. The summed E-state index contributed by atoms with van der Waals surface area (Å²) in [7, 11) is 0. The molecule has 3 aromatic rings. The molecule has 1 aliphatic heterocycles. The molecule has 4 rings (SSSR count). The summed E-state index contributed by atoms with van der Waals surface area (Å²) in [5, 5.41) is 13.8. The van der Waals surface area contributed by atoms with Crippen LogP contribution < -0.4 is 11.1 Å². The summed E-state index contributed by atoms with van der Waals surface area (Å²) < 4.78 is 13.8. The Morgan fingerprint density at radius 2 is 1.89 bits per heavy atom. The standard InChI is InChI=1S/C20H15FN4O3/c21-15-6-13(7-16(9-15)25(27)28)14-8-18(19(22)24-10-14)11-1-2-17-12(5-11)3-4-23-20(17)26/h1-2,5-10H,3-4H2,(H2,22,24)(H,23,26). The van der Waals surface area contributed by atoms with Gasteiger partial charge in [-0.2, -0.15) is 0 Å². The van der Waals surface area contributed by atoms with E-state index in [0.29, 0.717) is 35.2 Å². The lowest BCUT2D eigenvalue weighted by Crippen LogP contribution is -2.31. The van der Waals surface area contributed by atoms with E-state index < -0.39 is 10.7 Å². The average Bonchev–Trinajstić information content (AvgIpc) is 2.68. The minimum Gasteiger partial charge on any atom is -0.383 e. The molecule has 1 amide bonds. The molecule has 0 saturated heterocycles. The summed E-state index contributed by atoms with van der Waals surface area (Å²) in [6.45, 7) is 0.565. The molecule has 2 heterocycles. The van der Waals surface area contributed by atoms with Crippen molar-refractivity contribution in [1.82, 2.24) is 10.3 Å². The van der Waals surface area contributed by atoms with Crippen LogP contribution in [-0.4, -0.2) is 22.4 Å². The summed E-state index contributed by atoms with van der Waals surface area (Å²) in [5.41, 5.74) is 9.44. The Balaban J connectivity index is 1.81. The van der Waals surface area contributed by atoms with Crippen molar-refractivity contribution in [3.05, 3.63) is 75.7 Å². The van der Waals surface area contributed by atoms with Crippen molar-refractivity contribution >= 4 is 17.4 Å². The number of carbonyl (C=O) groups excluding carboxylic acids is 1. The van der Waals surface area contributed by atoms with E-state index >= 15 is 0 Å². The van der Waals surface area contributed by atoms with Gasteiger partial charge in [0.1, 0.15) is 11.6 Å². The predicted molar refractivity (Wildman–Crippen MR) is 102 cm³/mol. The van der Waals surface area contributed by atoms with Crippen LogP contribution in [0.25, 0.3) is 22.3 Å². The first kappa shape index (κ1) is 17.6. The zero-order chi connectivity index (χ0) is 19.8. The molecule has 0 unspecified atom stereocenters. The number of aromatic nitrogens is 1. The van der Waals surface area contributed by atoms with Gasteiger partial charge in [-0.25, -0.2) is 9.37 Å². The van der Waals surface area contributed by atoms with Crippen molar-refractivity contribution in [2.24, 2.45) is 0 Å². The van der Waals surface area contributed by atoms with E-state index in [9.17, 15) is 19.3 Å². The second-order valence-corrected chi connectivity index (χ2v) is 6.49. The third-order valence-electron chi connectivity index (χ3n) is 4.69. The lowest BCUT2D eigenvalue weighted by Gasteiger charge is -2.18. The summed E-state index contributed by atoms with van der Waals surface area (Å²) in [6, 6.07) is 10.5. The van der Waals surface area contributed by atoms with E-state index in [2.05, 4.69) is 10.3 Å². The maximum atomic E-state index is 13.8. The quantitative estimate of drug-likeness (QED) is 0.536. The second-order valence-electron chi connectivity index (χ2n) is 6.49. The third kappa shape index (κ3) is 3.16. The normalized spacial score (nSPS) is 13.0. The topological polar surface area (TPSA) is 111 Å². The first-order valence-electron chi connectivity index (χ1n) is 8.55. The van der Waals surface area contributed by atoms with Gasteiger partial charge >= 0.3 is 0 Å². The Hall–Kier alpha value is -3.81. The number of pyridine rings is 1. The molecule has 28 heavy (non-hydrogen) atoms. The van der Waals surface area contributed by atoms with Crippen molar-refractivity contribution in [3.63, 3.8) is 0 Å². The number of benzene rings is 2. The summed E-state index contributed by atoms with van der Waals surface area (Å²) >= 11 is 0. The van der Waals surface area contributed by atoms with Crippen molar-refractivity contribution in [1.29, 1.82) is 0 Å². The number of nitrogens with zero attached hydrogens (tertiary/aromatic N) is 2. The van der Waals surface area contributed by atoms with Crippen LogP contribution in [0.2, 0.25) is 0 Å². The minimum atomic E-state index is -0.706. The van der Waals surface area contributed by atoms with Crippen LogP contribution in [0.1, 0.15) is 15.9 Å². The lowest BCUT2D eigenvalue weighted by atomic mass is 9.94. The fraction of sp³-hybridized carbons (Fsp3) is 0.100. The first-order chi connectivity index (χ1) is 13.4. The van der Waals surface area contributed by atoms with Crippen LogP contribution in [-0.2, 0) is 6.42 Å². The summed E-state index contributed by atoms with van der Waals surface area (Å²) in [4.78, 5) is 26.5. The Kier molecular flexibility index (Phi) is 4.23. The Morgan fingerprint density at radius 1 is 1.07 bits per heavy atom. The van der Waals surface area contributed by atoms with Gasteiger partial charge in [-0.05, 0) is 41.3 Å². The van der Waals surface area contributed by atoms with Gasteiger partial charge in [0.15, 0.2) is 0 Å². The zero-order valence-electron chi connectivity index (χ0n) is 14.6. The van der Waals surface area contributed by atoms with Crippen LogP contribution in [0.5, 0.6) is 0 Å². The molecule has 140 valence electrons. The monoisotopic (exact) mass is 378 g/mol. The van der Waals surface area contributed by atoms with Gasteiger partial charge in [-0.1, -0.05) is 12.1 Å². The number of anilines is 1. The number of nitro groups is 1. The van der Waals surface area contributed by atoms with Crippen LogP contribution in [0.4, 0.5) is 15.9 Å². The molecule has 0 aliphatic carbocycles. The molecule has 0 saturated carbocycles. The van der Waals surface area contributed by atoms with E-state index in [4.69, 9.17) is 5.73 Å². The maximum Gasteiger partial charge on any atom is 0.272 e. The smallest absolute Gasteiger partial charge is 0.272 e. The molecule has 2 aromatic carbocycles. The van der Waals surface area contributed by atoms with Crippen LogP contribution in [0, 0.1) is 15.9 Å². The number of hydrogen-bond acceptors (Lipinski definition) is 5. The number of nitrogen functional groups attached to an aromatic ring is 1. The van der Waals surface area contributed by atoms with Crippen molar-refractivity contribution in [3.8, 4) is 22.3 Å². The fourth-order valence-electron chi connectivity index (χ4n) is 3.31. The molecule has 8 heteroatoms. The molecule has 7 nitrogen and oxygen atoms in total. The molecule has 0 spiro atoms. The number of nitrogens with one attached hydrogen (secondary N) is 1. The molecular weight excluding hydrogens is 363 g/mol. The van der Waals surface area contributed by atoms with Crippen molar-refractivity contribution < 1.29 is 14.1 Å². The molecule has 0 radical (unpaired) electrons. The summed E-state index contributed by atoms with van der Waals surface area (Å²) in [5.74, 6) is -0.544. The Morgan fingerprint density at radius 3 is 2.68 bits per heavy atom. The van der Waals surface area contributed by atoms with Crippen LogP contribution in [0.3, 0.4) is 0 Å². The average molecular weight is 378 g/mol. The van der Waals surface area contributed by atoms with Gasteiger partial charge in [-0.3, -0.25) is 14.9 Å². The Labute approximate surface area is 159 Å². The second kappa shape index (κ2) is 6.73. The molecule has 0 atom stereocenters. The molecule has 3 N–H and O–H groups in total. The van der Waals surface area contributed by atoms with Gasteiger partial charge in [0, 0.05) is 35.5 Å². The van der Waals surface area contributed by atoms with Gasteiger partial charge < -0.3 is 11.1 Å². The number of hydrogen-bond donors (Lipinski definition) is 2. The van der Waals surface area contributed by atoms with Crippen LogP contribution in [0.15, 0.2) is 48.7 Å². The number of rotatable bonds is 3. The van der Waals surface area contributed by atoms with Crippen molar-refractivity contribution in [2.75, 3.05) is 12.3 Å². The number of amides is 1. The predicted octanol–water partition coefficient (Wildman–Crippen LogP) is 3.33. The SMILES string of the molecule is Nc1ncc(-c2cc(F)cc([N+](=O)[O-])c2)cc1-c1ccc2c(c1)CCNC2=O. The number of nitrogens with two attached hydrogens (primary N) is 1. The minimum absolute atomic E-state index is 0.111. The molecule has 1 aromatic heterocycles. The largest absolute Gasteiger partial charge is 0.383 e. The highest BCUT2D eigenvalue weighted by Gasteiger charge is 2.18. The third-order valence-corrected chi connectivity index (χ3v) is 4.69. The van der Waals surface area contributed by atoms with Crippen LogP contribution >= 0.6 is 0 Å². The number of halogens is 1. The van der Waals surface area contributed by atoms with E-state index in [0.717, 1.165) is 17.2 Å². The number of non-ortho nitro benzene ring substituents is 1. The molecular formula is C20H15FN4O3. The van der Waals surface area contributed by atoms with E-state index in [1.165, 1.54) is 18.3 Å². The molecule has 1 aliphatic rings. The molecule has 0 fully saturated rings. The zero-order valence-corrected chi connectivity index (χ0v) is 14.6. The maximum absolute atomic E-state index is 13.8. The highest BCUT2D eigenvalue weighted by molar-refractivity contribution is 5.97. The van der Waals surface area contributed by atoms with Gasteiger partial charge in [0.05, 0.1) is 11.0 Å². The van der Waals surface area contributed by atoms with E-state index in [-0.39, 0.29) is 17.4 Å². The van der Waals surface area contributed by atoms with E-state index in [1.54, 1.807) is 18.2 Å². The van der Waals surface area contributed by atoms with Gasteiger partial charge in [0.25, 0.3) is 11.6 Å². The van der Waals surface area contributed by atoms with E-state index in [1.807, 2.05) is 6.07 Å². The first-order valence-corrected chi connectivity index (χ1v) is 8.55. The highest BCUT2D eigenvalue weighted by atomic mass is 19.1. The van der Waals surface area contributed by atoms with Gasteiger partial charge in [0.2, 0.25) is 0 Å². The fourth-order valence-corrected chi connectivity index (χ4v) is 3.31. The van der Waals surface area contributed by atoms with Crippen molar-refractivity contribution in [2.45, 2.75) is 6.42 Å². The number of fused-ring (bicyclic) bond motifs is 1. The molecule has 0 bridgehead atoms. The number of nitro benzene ring substituents is 1. The highest BCUT2D eigenvalue weighted by Crippen LogP contribution is 2.33. The van der Waals surface area contributed by atoms with Gasteiger partial charge in [-0.15, -0.1) is 0 Å². The number of carbonyl (C=O) groups is 1. The summed E-state index contributed by atoms with van der Waals surface area (Å²) in [6.07, 6.45) is 2.15.